The molecule has 1 amide bonds. The van der Waals surface area contributed by atoms with E-state index >= 15 is 0 Å². The van der Waals surface area contributed by atoms with Crippen molar-refractivity contribution < 1.29 is 53.2 Å². The highest BCUT2D eigenvalue weighted by Crippen LogP contribution is 2.68. The second kappa shape index (κ2) is 12.8. The molecule has 0 bridgehead atoms. The first kappa shape index (κ1) is 33.3. The fourth-order valence-corrected chi connectivity index (χ4v) is 8.83. The quantitative estimate of drug-likeness (QED) is 0.273. The molecule has 0 aromatic rings. The molecule has 0 aromatic carbocycles. The molecule has 3 N–H and O–H groups in total. The standard InChI is InChI=1S/C32H43NO11/c1-18(34)44-32(25(36)17-43-28(40)9-7-26(37)33-24(29(41)42)6-8-27(38)39)15-12-23-21-5-4-19-16-20(35)10-13-30(19,2)22(21)11-14-31(23,32)3/h16,21-24H,4-15,17H2,1-3H3,(H,33,37)(H,38,39)(H,41,42)/t21-,22+,23-,24-,30+,31+,32+/m1/s1. The highest BCUT2D eigenvalue weighted by molar-refractivity contribution is 5.94. The Hall–Kier alpha value is -3.57. The van der Waals surface area contributed by atoms with Crippen molar-refractivity contribution in [3.8, 4) is 0 Å². The number of hydrogen-bond acceptors (Lipinski definition) is 9. The summed E-state index contributed by atoms with van der Waals surface area (Å²) in [5, 5.41) is 20.2. The number of ketones is 2. The van der Waals surface area contributed by atoms with E-state index < -0.39 is 78.5 Å². The summed E-state index contributed by atoms with van der Waals surface area (Å²) >= 11 is 0. The Morgan fingerprint density at radius 3 is 2.32 bits per heavy atom. The van der Waals surface area contributed by atoms with Crippen LogP contribution in [0, 0.1) is 28.6 Å². The molecule has 242 valence electrons. The number of carboxylic acid groups (broad SMARTS) is 2. The Morgan fingerprint density at radius 1 is 0.955 bits per heavy atom. The highest BCUT2D eigenvalue weighted by Gasteiger charge is 2.68. The topological polar surface area (TPSA) is 190 Å². The number of nitrogens with one attached hydrogen (secondary N) is 1. The number of Topliss-reactive ketones (excluding diaryl/α,β-unsaturated/α-hetero) is 1. The summed E-state index contributed by atoms with van der Waals surface area (Å²) in [4.78, 5) is 85.1. The van der Waals surface area contributed by atoms with Gasteiger partial charge in [-0.2, -0.15) is 0 Å². The van der Waals surface area contributed by atoms with E-state index in [0.29, 0.717) is 37.5 Å². The summed E-state index contributed by atoms with van der Waals surface area (Å²) in [6.07, 6.45) is 5.82. The zero-order chi connectivity index (χ0) is 32.4. The first-order valence-electron chi connectivity index (χ1n) is 15.5. The lowest BCUT2D eigenvalue weighted by Crippen LogP contribution is -2.59. The van der Waals surface area contributed by atoms with E-state index in [4.69, 9.17) is 14.6 Å². The van der Waals surface area contributed by atoms with E-state index in [2.05, 4.69) is 12.2 Å². The minimum Gasteiger partial charge on any atom is -0.481 e. The molecule has 0 spiro atoms. The van der Waals surface area contributed by atoms with Crippen molar-refractivity contribution in [2.24, 2.45) is 28.6 Å². The number of amides is 1. The second-order valence-electron chi connectivity index (χ2n) is 13.4. The molecular weight excluding hydrogens is 574 g/mol. The number of fused-ring (bicyclic) bond motifs is 5. The molecule has 0 aromatic heterocycles. The molecule has 4 aliphatic carbocycles. The number of carboxylic acids is 2. The molecular formula is C32H43NO11. The van der Waals surface area contributed by atoms with Crippen molar-refractivity contribution in [3.63, 3.8) is 0 Å². The van der Waals surface area contributed by atoms with Gasteiger partial charge < -0.3 is 25.0 Å². The third kappa shape index (κ3) is 6.30. The van der Waals surface area contributed by atoms with Crippen LogP contribution in [0.5, 0.6) is 0 Å². The van der Waals surface area contributed by atoms with E-state index in [1.54, 1.807) is 0 Å². The number of allylic oxidation sites excluding steroid dienone is 1. The smallest absolute Gasteiger partial charge is 0.326 e. The highest BCUT2D eigenvalue weighted by atomic mass is 16.6. The van der Waals surface area contributed by atoms with E-state index in [9.17, 15) is 38.7 Å². The van der Waals surface area contributed by atoms with Gasteiger partial charge in [-0.25, -0.2) is 4.79 Å². The largest absolute Gasteiger partial charge is 0.481 e. The van der Waals surface area contributed by atoms with Crippen LogP contribution in [-0.4, -0.2) is 69.8 Å². The SMILES string of the molecule is CC(=O)O[C@]1(C(=O)COC(=O)CCC(=O)N[C@H](CCC(=O)O)C(=O)O)CC[C@@H]2[C@@H]3CCC4=CC(=O)CC[C@]4(C)[C@H]3CC[C@@]21C. The number of ether oxygens (including phenoxy) is 2. The van der Waals surface area contributed by atoms with Crippen molar-refractivity contribution >= 4 is 41.4 Å². The molecule has 0 aliphatic heterocycles. The minimum atomic E-state index is -1.45. The normalized spacial score (nSPS) is 33.0. The van der Waals surface area contributed by atoms with Crippen LogP contribution in [0.1, 0.15) is 97.8 Å². The lowest BCUT2D eigenvalue weighted by molar-refractivity contribution is -0.191. The molecule has 4 rings (SSSR count). The molecule has 44 heavy (non-hydrogen) atoms. The molecule has 7 atom stereocenters. The first-order valence-corrected chi connectivity index (χ1v) is 15.5. The number of hydrogen-bond donors (Lipinski definition) is 3. The van der Waals surface area contributed by atoms with Crippen LogP contribution in [0.4, 0.5) is 0 Å². The van der Waals surface area contributed by atoms with Gasteiger partial charge in [0.2, 0.25) is 11.7 Å². The van der Waals surface area contributed by atoms with E-state index in [1.165, 1.54) is 12.5 Å². The zero-order valence-electron chi connectivity index (χ0n) is 25.6. The van der Waals surface area contributed by atoms with Gasteiger partial charge in [0.25, 0.3) is 0 Å². The van der Waals surface area contributed by atoms with E-state index in [0.717, 1.165) is 25.7 Å². The molecule has 12 heteroatoms. The summed E-state index contributed by atoms with van der Waals surface area (Å²) in [7, 11) is 0. The Bertz CT molecular complexity index is 1270. The maximum absolute atomic E-state index is 13.8. The van der Waals surface area contributed by atoms with Gasteiger partial charge in [-0.3, -0.25) is 28.8 Å². The van der Waals surface area contributed by atoms with Crippen LogP contribution in [0.3, 0.4) is 0 Å². The average Bonchev–Trinajstić information content (AvgIpc) is 3.25. The van der Waals surface area contributed by atoms with Crippen LogP contribution >= 0.6 is 0 Å². The van der Waals surface area contributed by atoms with Crippen molar-refractivity contribution in [2.75, 3.05) is 6.61 Å². The fourth-order valence-electron chi connectivity index (χ4n) is 8.83. The molecule has 3 saturated carbocycles. The van der Waals surface area contributed by atoms with Gasteiger partial charge in [-0.1, -0.05) is 19.4 Å². The van der Waals surface area contributed by atoms with Gasteiger partial charge in [0.15, 0.2) is 18.0 Å². The van der Waals surface area contributed by atoms with Crippen LogP contribution in [-0.2, 0) is 43.0 Å². The van der Waals surface area contributed by atoms with E-state index in [1.807, 2.05) is 13.0 Å². The summed E-state index contributed by atoms with van der Waals surface area (Å²) in [6, 6.07) is -1.42. The molecule has 0 radical (unpaired) electrons. The molecule has 0 unspecified atom stereocenters. The third-order valence-electron chi connectivity index (χ3n) is 11.1. The average molecular weight is 618 g/mol. The lowest BCUT2D eigenvalue weighted by atomic mass is 9.46. The van der Waals surface area contributed by atoms with Gasteiger partial charge >= 0.3 is 23.9 Å². The van der Waals surface area contributed by atoms with E-state index in [-0.39, 0.29) is 23.5 Å². The molecule has 3 fully saturated rings. The van der Waals surface area contributed by atoms with Gasteiger partial charge in [-0.05, 0) is 80.6 Å². The van der Waals surface area contributed by atoms with Crippen molar-refractivity contribution in [1.29, 1.82) is 0 Å². The minimum absolute atomic E-state index is 0.0581. The van der Waals surface area contributed by atoms with Crippen LogP contribution in [0.25, 0.3) is 0 Å². The molecule has 4 aliphatic rings. The van der Waals surface area contributed by atoms with Gasteiger partial charge in [0.05, 0.1) is 6.42 Å². The summed E-state index contributed by atoms with van der Waals surface area (Å²) in [5.41, 5.74) is -0.937. The molecule has 0 saturated heterocycles. The Balaban J connectivity index is 1.40. The molecule has 12 nitrogen and oxygen atoms in total. The lowest BCUT2D eigenvalue weighted by Gasteiger charge is -2.59. The predicted molar refractivity (Wildman–Crippen MR) is 153 cm³/mol. The number of aliphatic carboxylic acids is 2. The van der Waals surface area contributed by atoms with Gasteiger partial charge in [0.1, 0.15) is 6.04 Å². The Morgan fingerprint density at radius 2 is 1.66 bits per heavy atom. The van der Waals surface area contributed by atoms with Crippen LogP contribution in [0.15, 0.2) is 11.6 Å². The fraction of sp³-hybridized carbons (Fsp3) is 0.719. The summed E-state index contributed by atoms with van der Waals surface area (Å²) in [5.74, 6) is -4.34. The maximum atomic E-state index is 13.8. The van der Waals surface area contributed by atoms with Crippen LogP contribution in [0.2, 0.25) is 0 Å². The number of carbonyl (C=O) groups is 7. The van der Waals surface area contributed by atoms with Crippen molar-refractivity contribution in [2.45, 2.75) is 109 Å². The Kier molecular flexibility index (Phi) is 9.70. The maximum Gasteiger partial charge on any atom is 0.326 e. The first-order chi connectivity index (χ1) is 20.6. The third-order valence-corrected chi connectivity index (χ3v) is 11.1. The van der Waals surface area contributed by atoms with Gasteiger partial charge in [0, 0.05) is 31.6 Å². The molecule has 0 heterocycles. The van der Waals surface area contributed by atoms with Crippen molar-refractivity contribution in [1.82, 2.24) is 5.32 Å². The zero-order valence-corrected chi connectivity index (χ0v) is 25.6. The number of rotatable bonds is 12. The van der Waals surface area contributed by atoms with Gasteiger partial charge in [-0.15, -0.1) is 0 Å². The number of esters is 2. The summed E-state index contributed by atoms with van der Waals surface area (Å²) in [6.45, 7) is 4.91. The Labute approximate surface area is 256 Å². The summed E-state index contributed by atoms with van der Waals surface area (Å²) < 4.78 is 11.1. The number of carbonyl (C=O) groups excluding carboxylic acids is 5. The monoisotopic (exact) mass is 617 g/mol. The van der Waals surface area contributed by atoms with Crippen LogP contribution < -0.4 is 5.32 Å². The van der Waals surface area contributed by atoms with Crippen molar-refractivity contribution in [3.05, 3.63) is 11.6 Å². The predicted octanol–water partition coefficient (Wildman–Crippen LogP) is 3.15. The second-order valence-corrected chi connectivity index (χ2v) is 13.4.